The highest BCUT2D eigenvalue weighted by Crippen LogP contribution is 2.38. The van der Waals surface area contributed by atoms with Crippen LogP contribution in [0, 0.1) is 5.92 Å². The number of aromatic nitrogens is 12. The molecule has 14 heterocycles. The number of halogens is 2. The Morgan fingerprint density at radius 3 is 1.15 bits per heavy atom. The number of hydrogen-bond donors (Lipinski definition) is 6. The molecule has 8 aromatic heterocycles. The Bertz CT molecular complexity index is 6080. The summed E-state index contributed by atoms with van der Waals surface area (Å²) in [5.41, 5.74) is 14.1. The number of nitrogens with zero attached hydrogens (tertiary/aromatic N) is 15. The Kier molecular flexibility index (Phi) is 34.4. The van der Waals surface area contributed by atoms with Gasteiger partial charge in [-0.3, -0.25) is 46.4 Å². The summed E-state index contributed by atoms with van der Waals surface area (Å²) in [4.78, 5) is 126. The van der Waals surface area contributed by atoms with E-state index in [-0.39, 0.29) is 81.9 Å². The molecular weight excluding hydrogens is 1920 g/mol. The lowest BCUT2D eigenvalue weighted by Gasteiger charge is -2.32. The highest BCUT2D eigenvalue weighted by Gasteiger charge is 2.52. The molecule has 11 aromatic rings. The number of nitrogens with one attached hydrogen (secondary N) is 4. The number of piperidine rings is 4. The van der Waals surface area contributed by atoms with Crippen LogP contribution in [0.25, 0.3) is 45.1 Å². The SMILES string of the molecule is C1CCNCC1.CC1(C)OB(c2ccc(C(=O)NC3CC3)cc2)OC1(C)C.CS(=O)(=O)c1nc(C(=O)N2CCCCC2)cn2c(-c3ccc(C(=O)NC4CC4)cc3)cnc12.CSc1nc(C(=O)N2CCCCC2)cn2c(-c3ccc(C(=O)NC4CC4)cc3)cnc12.CSc1nc(C(=O)N2CCCCC2)cn2c(Br)cnc12.CSc1nc(C(=O)O)cn2c(Br)cnc12.NCC1CCOCC1. The first-order chi connectivity index (χ1) is 64.5. The van der Waals surface area contributed by atoms with Crippen molar-refractivity contribution >= 4 is 154 Å². The van der Waals surface area contributed by atoms with Crippen LogP contribution in [0.2, 0.25) is 0 Å². The zero-order valence-corrected chi connectivity index (χ0v) is 83.3. The first-order valence-corrected chi connectivity index (χ1v) is 53.0. The van der Waals surface area contributed by atoms with Crippen LogP contribution >= 0.6 is 67.1 Å². The molecule has 9 fully saturated rings. The van der Waals surface area contributed by atoms with Crippen LogP contribution < -0.4 is 32.5 Å². The minimum Gasteiger partial charge on any atom is -0.476 e. The molecule has 712 valence electrons. The largest absolute Gasteiger partial charge is 0.494 e. The number of carbonyl (C=O) groups is 7. The zero-order valence-electron chi connectivity index (χ0n) is 76.9. The van der Waals surface area contributed by atoms with Gasteiger partial charge in [-0.1, -0.05) is 42.8 Å². The molecule has 7 N–H and O–H groups in total. The molecule has 3 aliphatic carbocycles. The van der Waals surface area contributed by atoms with Crippen LogP contribution in [0.3, 0.4) is 0 Å². The predicted molar refractivity (Wildman–Crippen MR) is 526 cm³/mol. The maximum atomic E-state index is 13.1. The van der Waals surface area contributed by atoms with Gasteiger partial charge in [0.15, 0.2) is 43.1 Å². The number of hydrogen-bond acceptors (Lipinski definition) is 25. The van der Waals surface area contributed by atoms with Crippen molar-refractivity contribution < 1.29 is 61.1 Å². The normalized spacial score (nSPS) is 17.6. The van der Waals surface area contributed by atoms with Gasteiger partial charge in [-0.25, -0.2) is 53.1 Å². The van der Waals surface area contributed by atoms with E-state index in [0.29, 0.717) is 74.2 Å². The van der Waals surface area contributed by atoms with Crippen LogP contribution in [0.5, 0.6) is 0 Å². The number of thioether (sulfide) groups is 3. The molecule has 40 heteroatoms. The fourth-order valence-electron chi connectivity index (χ4n) is 15.7. The zero-order chi connectivity index (χ0) is 95.0. The highest BCUT2D eigenvalue weighted by atomic mass is 79.9. The van der Waals surface area contributed by atoms with Crippen molar-refractivity contribution in [1.29, 1.82) is 0 Å². The Balaban J connectivity index is 0.000000132. The summed E-state index contributed by atoms with van der Waals surface area (Å²) in [6.45, 7) is 17.8. The molecule has 0 spiro atoms. The third-order valence-electron chi connectivity index (χ3n) is 24.7. The van der Waals surface area contributed by atoms with Gasteiger partial charge in [0, 0.05) is 129 Å². The number of carboxylic acids is 1. The van der Waals surface area contributed by atoms with Crippen LogP contribution in [0.4, 0.5) is 0 Å². The minimum atomic E-state index is -3.73. The molecule has 0 bridgehead atoms. The Hall–Kier alpha value is -9.75. The van der Waals surface area contributed by atoms with Crippen LogP contribution in [0.1, 0.15) is 229 Å². The number of fused-ring (bicyclic) bond motifs is 4. The number of benzene rings is 3. The molecule has 3 saturated carbocycles. The van der Waals surface area contributed by atoms with E-state index in [1.165, 1.54) is 86.7 Å². The maximum absolute atomic E-state index is 13.1. The summed E-state index contributed by atoms with van der Waals surface area (Å²) in [6.07, 6.45) is 42.5. The molecule has 3 aromatic carbocycles. The average Bonchev–Trinajstić information content (AvgIpc) is 1.62. The van der Waals surface area contributed by atoms with E-state index in [9.17, 15) is 42.0 Å². The standard InChI is InChI=1S/C23H25N5O4S.C23H25N5O2S.C16H22BNO3.C13H15BrN4OS.C8H6BrN3O2S.C6H13NO.C5H11N/c1-33(31,32)22-20-24-13-19(15-5-7-16(8-6-15)21(29)25-17-9-10-17)28(20)14-18(26-22)23(30)27-11-3-2-4-12-27;1-31-22-20-24-13-19(15-5-7-16(8-6-15)21(29)25-17-9-10-17)28(20)14-18(26-22)23(30)27-11-3-2-4-12-27;1-15(2)16(3,4)21-17(20-15)12-7-5-11(6-8-12)14(19)18-13-9-10-13;1-20-12-11-15-7-10(14)18(11)8-9(16-12)13(19)17-5-3-2-4-6-17;1-15-7-6-10-2-5(9)12(6)3-4(11-7)8(13)14;7-5-6-1-3-8-4-2-6;1-2-4-6-5-3-1/h5-8,13-14,17H,2-4,9-12H2,1H3,(H,25,29);5-8,13-14,17H,2-4,9-12H2,1H3,(H,25,29);5-8,13H,9-10H2,1-4H3,(H,18,19);7-8H,2-6H2,1H3;2-3H,1H3,(H,13,14);6H,1-5,7H2;6H,1-5H2. The second kappa shape index (κ2) is 45.9. The highest BCUT2D eigenvalue weighted by molar-refractivity contribution is 9.10. The van der Waals surface area contributed by atoms with E-state index < -0.39 is 15.8 Å². The van der Waals surface area contributed by atoms with Gasteiger partial charge >= 0.3 is 13.1 Å². The number of aromatic carboxylic acids is 1. The number of rotatable bonds is 18. The van der Waals surface area contributed by atoms with Gasteiger partial charge < -0.3 is 60.9 Å². The third-order valence-corrected chi connectivity index (χ3v) is 28.8. The summed E-state index contributed by atoms with van der Waals surface area (Å²) in [5.74, 6) is -0.746. The average molecular weight is 2030 g/mol. The number of imidazole rings is 4. The quantitative estimate of drug-likeness (QED) is 0.0343. The van der Waals surface area contributed by atoms with E-state index >= 15 is 0 Å². The van der Waals surface area contributed by atoms with Gasteiger partial charge in [0.2, 0.25) is 0 Å². The van der Waals surface area contributed by atoms with Crippen molar-refractivity contribution in [3.63, 3.8) is 0 Å². The van der Waals surface area contributed by atoms with E-state index in [1.54, 1.807) is 81.3 Å². The molecular formula is C94H117BBr2N20O13S4. The summed E-state index contributed by atoms with van der Waals surface area (Å²) in [6, 6.07) is 23.0. The maximum Gasteiger partial charge on any atom is 0.494 e. The van der Waals surface area contributed by atoms with Crippen molar-refractivity contribution in [2.24, 2.45) is 11.7 Å². The first-order valence-electron chi connectivity index (χ1n) is 45.8. The molecule has 6 saturated heterocycles. The third kappa shape index (κ3) is 25.7. The smallest absolute Gasteiger partial charge is 0.476 e. The fraction of sp³-hybridized carbons (Fsp3) is 0.479. The molecule has 9 aliphatic rings. The summed E-state index contributed by atoms with van der Waals surface area (Å²) >= 11 is 11.1. The molecule has 134 heavy (non-hydrogen) atoms. The number of sulfone groups is 1. The van der Waals surface area contributed by atoms with Gasteiger partial charge in [0.25, 0.3) is 35.4 Å². The lowest BCUT2D eigenvalue weighted by molar-refractivity contribution is 0.00578. The van der Waals surface area contributed by atoms with E-state index in [4.69, 9.17) is 24.9 Å². The van der Waals surface area contributed by atoms with Crippen molar-refractivity contribution in [2.45, 2.75) is 206 Å². The van der Waals surface area contributed by atoms with Gasteiger partial charge in [0.1, 0.15) is 41.4 Å². The number of carboxylic acid groups (broad SMARTS) is 1. The van der Waals surface area contributed by atoms with Gasteiger partial charge in [-0.2, -0.15) is 0 Å². The van der Waals surface area contributed by atoms with Crippen LogP contribution in [-0.2, 0) is 23.9 Å². The lowest BCUT2D eigenvalue weighted by atomic mass is 9.79. The molecule has 6 amide bonds. The van der Waals surface area contributed by atoms with E-state index in [0.717, 1.165) is 203 Å². The van der Waals surface area contributed by atoms with Crippen molar-refractivity contribution in [3.05, 3.63) is 171 Å². The van der Waals surface area contributed by atoms with Gasteiger partial charge in [-0.05, 0) is 268 Å². The van der Waals surface area contributed by atoms with E-state index in [1.807, 2.05) is 114 Å². The fourth-order valence-corrected chi connectivity index (χ4v) is 18.8. The summed E-state index contributed by atoms with van der Waals surface area (Å²) in [7, 11) is -4.11. The Morgan fingerprint density at radius 2 is 0.806 bits per heavy atom. The van der Waals surface area contributed by atoms with Crippen LogP contribution in [-0.4, -0.2) is 261 Å². The monoisotopic (exact) mass is 2030 g/mol. The summed E-state index contributed by atoms with van der Waals surface area (Å²) in [5, 5.41) is 23.0. The Morgan fingerprint density at radius 1 is 0.470 bits per heavy atom. The second-order valence-electron chi connectivity index (χ2n) is 35.4. The molecule has 0 atom stereocenters. The second-order valence-corrected chi connectivity index (χ2v) is 41.3. The number of nitrogens with two attached hydrogens (primary N) is 1. The summed E-state index contributed by atoms with van der Waals surface area (Å²) < 4.78 is 50.7. The topological polar surface area (TPSA) is 406 Å². The first kappa shape index (κ1) is 100. The number of ether oxygens (including phenoxy) is 1. The van der Waals surface area contributed by atoms with Crippen molar-refractivity contribution in [3.8, 4) is 22.5 Å². The van der Waals surface area contributed by atoms with Gasteiger partial charge in [0.05, 0.1) is 47.4 Å². The molecule has 6 aliphatic heterocycles. The van der Waals surface area contributed by atoms with Gasteiger partial charge in [-0.15, -0.1) is 35.3 Å². The number of likely N-dealkylation sites (tertiary alicyclic amines) is 3. The molecule has 0 unspecified atom stereocenters. The van der Waals surface area contributed by atoms with Crippen molar-refractivity contribution in [2.75, 3.05) is 97.1 Å². The number of carbonyl (C=O) groups excluding carboxylic acids is 6. The number of amides is 6. The molecule has 20 rings (SSSR count). The van der Waals surface area contributed by atoms with E-state index in [2.05, 4.69) is 93.0 Å². The predicted octanol–water partition coefficient (Wildman–Crippen LogP) is 13.7. The van der Waals surface area contributed by atoms with Crippen LogP contribution in [0.15, 0.2) is 152 Å². The molecule has 33 nitrogen and oxygen atoms in total. The van der Waals surface area contributed by atoms with Crippen molar-refractivity contribution in [1.82, 2.24) is 93.4 Å². The minimum absolute atomic E-state index is 0.00188. The Labute approximate surface area is 810 Å². The lowest BCUT2D eigenvalue weighted by Crippen LogP contribution is -2.41. The molecule has 0 radical (unpaired) electrons.